The van der Waals surface area contributed by atoms with E-state index in [4.69, 9.17) is 27.9 Å². The van der Waals surface area contributed by atoms with Crippen LogP contribution in [0.5, 0.6) is 5.88 Å². The maximum absolute atomic E-state index is 6.25. The van der Waals surface area contributed by atoms with Gasteiger partial charge < -0.3 is 10.1 Å². The first-order valence-electron chi connectivity index (χ1n) is 5.65. The molecule has 0 aliphatic carbocycles. The van der Waals surface area contributed by atoms with Crippen molar-refractivity contribution in [3.05, 3.63) is 51.9 Å². The van der Waals surface area contributed by atoms with Crippen LogP contribution in [0, 0.1) is 0 Å². The number of halogens is 2. The summed E-state index contributed by atoms with van der Waals surface area (Å²) in [5.74, 6) is 0.456. The van der Waals surface area contributed by atoms with E-state index in [-0.39, 0.29) is 6.04 Å². The highest BCUT2D eigenvalue weighted by Crippen LogP contribution is 2.34. The number of methoxy groups -OCH3 is 1. The van der Waals surface area contributed by atoms with Crippen LogP contribution < -0.4 is 10.1 Å². The Balaban J connectivity index is 2.53. The number of hydrogen-bond acceptors (Lipinski definition) is 4. The minimum Gasteiger partial charge on any atom is -0.480 e. The Bertz CT molecular complexity index is 578. The number of benzene rings is 1. The van der Waals surface area contributed by atoms with E-state index in [0.29, 0.717) is 21.6 Å². The van der Waals surface area contributed by atoms with Gasteiger partial charge in [-0.05, 0) is 18.7 Å². The van der Waals surface area contributed by atoms with Gasteiger partial charge >= 0.3 is 0 Å². The molecule has 6 heteroatoms. The molecule has 0 amide bonds. The van der Waals surface area contributed by atoms with Gasteiger partial charge in [-0.2, -0.15) is 0 Å². The second-order valence-electron chi connectivity index (χ2n) is 3.82. The summed E-state index contributed by atoms with van der Waals surface area (Å²) >= 11 is 12.3. The van der Waals surface area contributed by atoms with Crippen molar-refractivity contribution in [3.63, 3.8) is 0 Å². The molecule has 2 aromatic rings. The van der Waals surface area contributed by atoms with E-state index in [1.807, 2.05) is 19.2 Å². The van der Waals surface area contributed by atoms with E-state index >= 15 is 0 Å². The molecule has 0 bridgehead atoms. The van der Waals surface area contributed by atoms with Crippen LogP contribution in [0.1, 0.15) is 17.3 Å². The highest BCUT2D eigenvalue weighted by Gasteiger charge is 2.22. The number of hydrogen-bond donors (Lipinski definition) is 1. The third-order valence-corrected chi connectivity index (χ3v) is 3.57. The third kappa shape index (κ3) is 2.81. The van der Waals surface area contributed by atoms with Crippen LogP contribution in [0.25, 0.3) is 0 Å². The molecule has 1 aromatic heterocycles. The fourth-order valence-corrected chi connectivity index (χ4v) is 2.29. The van der Waals surface area contributed by atoms with E-state index < -0.39 is 0 Å². The normalized spacial score (nSPS) is 12.2. The van der Waals surface area contributed by atoms with Crippen molar-refractivity contribution in [3.8, 4) is 5.88 Å². The lowest BCUT2D eigenvalue weighted by molar-refractivity contribution is 0.384. The van der Waals surface area contributed by atoms with Gasteiger partial charge in [0, 0.05) is 12.4 Å². The Hall–Kier alpha value is -1.36. The summed E-state index contributed by atoms with van der Waals surface area (Å²) in [6, 6.07) is 5.24. The Labute approximate surface area is 121 Å². The molecular weight excluding hydrogens is 285 g/mol. The zero-order valence-corrected chi connectivity index (χ0v) is 12.0. The van der Waals surface area contributed by atoms with Gasteiger partial charge in [0.05, 0.1) is 23.2 Å². The molecule has 0 fully saturated rings. The van der Waals surface area contributed by atoms with Gasteiger partial charge in [-0.15, -0.1) is 0 Å². The highest BCUT2D eigenvalue weighted by molar-refractivity contribution is 6.42. The smallest absolute Gasteiger partial charge is 0.237 e. The van der Waals surface area contributed by atoms with Crippen molar-refractivity contribution in [2.45, 2.75) is 6.04 Å². The first-order valence-corrected chi connectivity index (χ1v) is 6.40. The maximum Gasteiger partial charge on any atom is 0.237 e. The molecule has 0 aliphatic rings. The molecule has 1 unspecified atom stereocenters. The van der Waals surface area contributed by atoms with Gasteiger partial charge in [0.2, 0.25) is 5.88 Å². The number of nitrogens with zero attached hydrogens (tertiary/aromatic N) is 2. The van der Waals surface area contributed by atoms with Gasteiger partial charge in [0.15, 0.2) is 0 Å². The molecule has 19 heavy (non-hydrogen) atoms. The van der Waals surface area contributed by atoms with Crippen LogP contribution in [-0.2, 0) is 0 Å². The summed E-state index contributed by atoms with van der Waals surface area (Å²) in [6.45, 7) is 0. The van der Waals surface area contributed by atoms with Crippen molar-refractivity contribution >= 4 is 23.2 Å². The van der Waals surface area contributed by atoms with Crippen molar-refractivity contribution in [2.24, 2.45) is 0 Å². The summed E-state index contributed by atoms with van der Waals surface area (Å²) in [5, 5.41) is 4.15. The highest BCUT2D eigenvalue weighted by atomic mass is 35.5. The summed E-state index contributed by atoms with van der Waals surface area (Å²) in [5.41, 5.74) is 1.49. The quantitative estimate of drug-likeness (QED) is 0.942. The Morgan fingerprint density at radius 1 is 1.21 bits per heavy atom. The SMILES string of the molecule is CNC(c1cccc(Cl)c1Cl)c1nccnc1OC. The summed E-state index contributed by atoms with van der Waals surface area (Å²) in [7, 11) is 3.37. The van der Waals surface area contributed by atoms with Gasteiger partial charge in [0.1, 0.15) is 5.69 Å². The van der Waals surface area contributed by atoms with Crippen LogP contribution in [0.4, 0.5) is 0 Å². The zero-order valence-electron chi connectivity index (χ0n) is 10.5. The van der Waals surface area contributed by atoms with Crippen LogP contribution in [0.15, 0.2) is 30.6 Å². The second kappa shape index (κ2) is 6.19. The minimum absolute atomic E-state index is 0.241. The molecule has 1 atom stereocenters. The summed E-state index contributed by atoms with van der Waals surface area (Å²) in [6.07, 6.45) is 3.19. The topological polar surface area (TPSA) is 47.0 Å². The van der Waals surface area contributed by atoms with Crippen LogP contribution >= 0.6 is 23.2 Å². The van der Waals surface area contributed by atoms with Gasteiger partial charge in [-0.25, -0.2) is 4.98 Å². The number of rotatable bonds is 4. The second-order valence-corrected chi connectivity index (χ2v) is 4.60. The zero-order chi connectivity index (χ0) is 13.8. The van der Waals surface area contributed by atoms with Crippen molar-refractivity contribution < 1.29 is 4.74 Å². The average molecular weight is 298 g/mol. The third-order valence-electron chi connectivity index (χ3n) is 2.74. The minimum atomic E-state index is -0.241. The molecule has 0 saturated heterocycles. The van der Waals surface area contributed by atoms with Crippen molar-refractivity contribution in [1.82, 2.24) is 15.3 Å². The summed E-state index contributed by atoms with van der Waals surface area (Å²) < 4.78 is 5.23. The standard InChI is InChI=1S/C13H13Cl2N3O/c1-16-11(8-4-3-5-9(14)10(8)15)12-13(19-2)18-7-6-17-12/h3-7,11,16H,1-2H3. The van der Waals surface area contributed by atoms with E-state index in [1.54, 1.807) is 25.6 Å². The molecule has 100 valence electrons. The van der Waals surface area contributed by atoms with Gasteiger partial charge in [-0.1, -0.05) is 35.3 Å². The number of nitrogens with one attached hydrogen (secondary N) is 1. The largest absolute Gasteiger partial charge is 0.480 e. The predicted molar refractivity (Wildman–Crippen MR) is 75.9 cm³/mol. The molecule has 2 rings (SSSR count). The van der Waals surface area contributed by atoms with Crippen LogP contribution in [0.2, 0.25) is 10.0 Å². The number of aromatic nitrogens is 2. The lowest BCUT2D eigenvalue weighted by Crippen LogP contribution is -2.20. The molecule has 1 N–H and O–H groups in total. The molecule has 0 radical (unpaired) electrons. The predicted octanol–water partition coefficient (Wildman–Crippen LogP) is 3.10. The molecule has 0 saturated carbocycles. The van der Waals surface area contributed by atoms with Gasteiger partial charge in [0.25, 0.3) is 0 Å². The maximum atomic E-state index is 6.25. The van der Waals surface area contributed by atoms with E-state index in [9.17, 15) is 0 Å². The van der Waals surface area contributed by atoms with Crippen LogP contribution in [-0.4, -0.2) is 24.1 Å². The molecular formula is C13H13Cl2N3O. The Morgan fingerprint density at radius 2 is 1.95 bits per heavy atom. The molecule has 1 aromatic carbocycles. The molecule has 4 nitrogen and oxygen atoms in total. The Kier molecular flexibility index (Phi) is 4.58. The lowest BCUT2D eigenvalue weighted by atomic mass is 10.0. The fourth-order valence-electron chi connectivity index (χ4n) is 1.87. The fraction of sp³-hybridized carbons (Fsp3) is 0.231. The number of ether oxygens (including phenoxy) is 1. The molecule has 1 heterocycles. The van der Waals surface area contributed by atoms with Gasteiger partial charge in [-0.3, -0.25) is 4.98 Å². The summed E-state index contributed by atoms with van der Waals surface area (Å²) in [4.78, 5) is 8.46. The molecule has 0 spiro atoms. The first-order chi connectivity index (χ1) is 9.19. The van der Waals surface area contributed by atoms with Crippen molar-refractivity contribution in [2.75, 3.05) is 14.2 Å². The first kappa shape index (κ1) is 14.1. The average Bonchev–Trinajstić information content (AvgIpc) is 2.45. The van der Waals surface area contributed by atoms with E-state index in [0.717, 1.165) is 5.56 Å². The molecule has 0 aliphatic heterocycles. The van der Waals surface area contributed by atoms with E-state index in [1.165, 1.54) is 0 Å². The Morgan fingerprint density at radius 3 is 2.63 bits per heavy atom. The lowest BCUT2D eigenvalue weighted by Gasteiger charge is -2.19. The van der Waals surface area contributed by atoms with Crippen LogP contribution in [0.3, 0.4) is 0 Å². The van der Waals surface area contributed by atoms with E-state index in [2.05, 4.69) is 15.3 Å². The van der Waals surface area contributed by atoms with Crippen molar-refractivity contribution in [1.29, 1.82) is 0 Å². The monoisotopic (exact) mass is 297 g/mol.